The van der Waals surface area contributed by atoms with Gasteiger partial charge >= 0.3 is 0 Å². The van der Waals surface area contributed by atoms with Crippen LogP contribution in [0.15, 0.2) is 27.6 Å². The number of aromatic nitrogens is 1. The third kappa shape index (κ3) is 1.57. The second kappa shape index (κ2) is 3.74. The zero-order valence-electron chi connectivity index (χ0n) is 9.25. The predicted octanol–water partition coefficient (Wildman–Crippen LogP) is 4.34. The van der Waals surface area contributed by atoms with Crippen molar-refractivity contribution in [3.8, 4) is 0 Å². The minimum atomic E-state index is 0.681. The van der Waals surface area contributed by atoms with Crippen molar-refractivity contribution in [2.75, 3.05) is 0 Å². The van der Waals surface area contributed by atoms with Crippen LogP contribution in [0.3, 0.4) is 0 Å². The molecule has 1 aromatic heterocycles. The van der Waals surface area contributed by atoms with E-state index in [1.807, 2.05) is 11.8 Å². The topological polar surface area (TPSA) is 12.9 Å². The molecule has 1 atom stereocenters. The molecule has 0 unspecified atom stereocenters. The van der Waals surface area contributed by atoms with Gasteiger partial charge in [0.2, 0.25) is 0 Å². The van der Waals surface area contributed by atoms with E-state index in [4.69, 9.17) is 0 Å². The fourth-order valence-electron chi connectivity index (χ4n) is 2.27. The third-order valence-electron chi connectivity index (χ3n) is 3.01. The zero-order valence-corrected chi connectivity index (χ0v) is 11.7. The van der Waals surface area contributed by atoms with Gasteiger partial charge in [0.05, 0.1) is 5.52 Å². The first-order valence-electron chi connectivity index (χ1n) is 5.40. The molecular formula is C13H12BrNS. The van der Waals surface area contributed by atoms with Crippen molar-refractivity contribution in [2.45, 2.75) is 30.4 Å². The van der Waals surface area contributed by atoms with Crippen LogP contribution < -0.4 is 0 Å². The summed E-state index contributed by atoms with van der Waals surface area (Å²) in [4.78, 5) is 6.13. The van der Waals surface area contributed by atoms with Crippen molar-refractivity contribution in [2.24, 2.45) is 0 Å². The second-order valence-electron chi connectivity index (χ2n) is 4.30. The molecular weight excluding hydrogens is 282 g/mol. The lowest BCUT2D eigenvalue weighted by Gasteiger charge is -2.07. The molecule has 1 aliphatic rings. The summed E-state index contributed by atoms with van der Waals surface area (Å²) in [6.45, 7) is 4.41. The highest BCUT2D eigenvalue weighted by atomic mass is 79.9. The summed E-state index contributed by atoms with van der Waals surface area (Å²) in [5, 5.41) is 1.98. The highest BCUT2D eigenvalue weighted by molar-refractivity contribution is 9.10. The van der Waals surface area contributed by atoms with E-state index >= 15 is 0 Å². The highest BCUT2D eigenvalue weighted by Gasteiger charge is 2.23. The summed E-state index contributed by atoms with van der Waals surface area (Å²) < 4.78 is 1.13. The van der Waals surface area contributed by atoms with Crippen LogP contribution in [0, 0.1) is 6.92 Å². The number of rotatable bonds is 0. The van der Waals surface area contributed by atoms with E-state index in [-0.39, 0.29) is 0 Å². The summed E-state index contributed by atoms with van der Waals surface area (Å²) in [5.74, 6) is 0. The molecule has 16 heavy (non-hydrogen) atoms. The van der Waals surface area contributed by atoms with Crippen LogP contribution in [0.2, 0.25) is 0 Å². The van der Waals surface area contributed by atoms with Crippen molar-refractivity contribution < 1.29 is 0 Å². The number of aryl methyl sites for hydroxylation is 1. The average Bonchev–Trinajstić information content (AvgIpc) is 2.62. The minimum absolute atomic E-state index is 0.681. The van der Waals surface area contributed by atoms with Crippen molar-refractivity contribution in [1.29, 1.82) is 0 Å². The molecule has 0 fully saturated rings. The standard InChI is InChI=1S/C13H12BrNS/c1-7-5-10-8(2)15-12-4-3-9(14)6-11(12)13(10)16-7/h3-4,6-7H,5H2,1-2H3/t7-/m1/s1. The van der Waals surface area contributed by atoms with Crippen LogP contribution in [0.1, 0.15) is 18.2 Å². The Hall–Kier alpha value is -0.540. The molecule has 1 nitrogen and oxygen atoms in total. The van der Waals surface area contributed by atoms with Gasteiger partial charge in [0.25, 0.3) is 0 Å². The van der Waals surface area contributed by atoms with Gasteiger partial charge < -0.3 is 0 Å². The monoisotopic (exact) mass is 293 g/mol. The van der Waals surface area contributed by atoms with Gasteiger partial charge in [-0.25, -0.2) is 0 Å². The fourth-order valence-corrected chi connectivity index (χ4v) is 3.95. The molecule has 0 radical (unpaired) electrons. The summed E-state index contributed by atoms with van der Waals surface area (Å²) >= 11 is 5.52. The van der Waals surface area contributed by atoms with Gasteiger partial charge in [-0.2, -0.15) is 0 Å². The molecule has 0 aliphatic carbocycles. The van der Waals surface area contributed by atoms with Gasteiger partial charge in [-0.3, -0.25) is 4.98 Å². The van der Waals surface area contributed by atoms with E-state index in [1.165, 1.54) is 21.5 Å². The maximum absolute atomic E-state index is 4.69. The first-order valence-corrected chi connectivity index (χ1v) is 7.08. The molecule has 0 saturated heterocycles. The van der Waals surface area contributed by atoms with Crippen LogP contribution in [-0.4, -0.2) is 10.2 Å². The molecule has 3 heteroatoms. The Bertz CT molecular complexity index is 580. The van der Waals surface area contributed by atoms with Crippen molar-refractivity contribution in [3.63, 3.8) is 0 Å². The van der Waals surface area contributed by atoms with Crippen LogP contribution in [0.25, 0.3) is 10.9 Å². The van der Waals surface area contributed by atoms with E-state index in [0.717, 1.165) is 16.4 Å². The lowest BCUT2D eigenvalue weighted by atomic mass is 10.1. The number of hydrogen-bond donors (Lipinski definition) is 0. The number of hydrogen-bond acceptors (Lipinski definition) is 2. The number of fused-ring (bicyclic) bond motifs is 3. The first-order chi connectivity index (χ1) is 7.65. The van der Waals surface area contributed by atoms with E-state index in [9.17, 15) is 0 Å². The number of nitrogens with zero attached hydrogens (tertiary/aromatic N) is 1. The van der Waals surface area contributed by atoms with Crippen LogP contribution >= 0.6 is 27.7 Å². The Labute approximate surface area is 108 Å². The molecule has 82 valence electrons. The molecule has 0 bridgehead atoms. The highest BCUT2D eigenvalue weighted by Crippen LogP contribution is 2.42. The van der Waals surface area contributed by atoms with E-state index in [0.29, 0.717) is 5.25 Å². The van der Waals surface area contributed by atoms with E-state index in [2.05, 4.69) is 53.0 Å². The maximum atomic E-state index is 4.69. The quantitative estimate of drug-likeness (QED) is 0.716. The number of thioether (sulfide) groups is 1. The van der Waals surface area contributed by atoms with Gasteiger partial charge in [0.1, 0.15) is 0 Å². The summed E-state index contributed by atoms with van der Waals surface area (Å²) in [6, 6.07) is 6.34. The Morgan fingerprint density at radius 3 is 3.06 bits per heavy atom. The molecule has 3 rings (SSSR count). The van der Waals surface area contributed by atoms with Crippen LogP contribution in [0.4, 0.5) is 0 Å². The van der Waals surface area contributed by atoms with Gasteiger partial charge in [-0.05, 0) is 37.1 Å². The smallest absolute Gasteiger partial charge is 0.0717 e. The zero-order chi connectivity index (χ0) is 11.3. The van der Waals surface area contributed by atoms with Crippen molar-refractivity contribution in [1.82, 2.24) is 4.98 Å². The molecule has 0 N–H and O–H groups in total. The van der Waals surface area contributed by atoms with E-state index < -0.39 is 0 Å². The minimum Gasteiger partial charge on any atom is -0.253 e. The summed E-state index contributed by atoms with van der Waals surface area (Å²) in [6.07, 6.45) is 1.15. The average molecular weight is 294 g/mol. The fraction of sp³-hybridized carbons (Fsp3) is 0.308. The first kappa shape index (κ1) is 10.6. The molecule has 0 saturated carbocycles. The van der Waals surface area contributed by atoms with Gasteiger partial charge in [0.15, 0.2) is 0 Å². The maximum Gasteiger partial charge on any atom is 0.0717 e. The SMILES string of the molecule is Cc1nc2ccc(Br)cc2c2c1C[C@@H](C)S2. The number of pyridine rings is 1. The van der Waals surface area contributed by atoms with Crippen LogP contribution in [-0.2, 0) is 6.42 Å². The normalized spacial score (nSPS) is 19.1. The second-order valence-corrected chi connectivity index (χ2v) is 6.66. The lowest BCUT2D eigenvalue weighted by Crippen LogP contribution is -1.96. The van der Waals surface area contributed by atoms with Crippen LogP contribution in [0.5, 0.6) is 0 Å². The lowest BCUT2D eigenvalue weighted by molar-refractivity contribution is 0.936. The molecule has 2 heterocycles. The molecule has 2 aromatic rings. The molecule has 1 aliphatic heterocycles. The predicted molar refractivity (Wildman–Crippen MR) is 73.2 cm³/mol. The summed E-state index contributed by atoms with van der Waals surface area (Å²) in [5.41, 5.74) is 3.76. The largest absolute Gasteiger partial charge is 0.253 e. The Morgan fingerprint density at radius 2 is 2.25 bits per heavy atom. The Kier molecular flexibility index (Phi) is 2.48. The van der Waals surface area contributed by atoms with Crippen molar-refractivity contribution >= 4 is 38.6 Å². The van der Waals surface area contributed by atoms with Gasteiger partial charge in [0, 0.05) is 25.7 Å². The summed E-state index contributed by atoms with van der Waals surface area (Å²) in [7, 11) is 0. The Morgan fingerprint density at radius 1 is 1.44 bits per heavy atom. The molecule has 0 spiro atoms. The number of benzene rings is 1. The molecule has 0 amide bonds. The van der Waals surface area contributed by atoms with Gasteiger partial charge in [-0.15, -0.1) is 11.8 Å². The Balaban J connectivity index is 2.38. The van der Waals surface area contributed by atoms with Crippen molar-refractivity contribution in [3.05, 3.63) is 33.9 Å². The third-order valence-corrected chi connectivity index (χ3v) is 4.78. The molecule has 1 aromatic carbocycles. The number of halogens is 1. The van der Waals surface area contributed by atoms with E-state index in [1.54, 1.807) is 0 Å². The van der Waals surface area contributed by atoms with Gasteiger partial charge in [-0.1, -0.05) is 22.9 Å².